The number of hydrogen-bond acceptors (Lipinski definition) is 3. The molecule has 1 atom stereocenters. The van der Waals surface area contributed by atoms with Crippen molar-refractivity contribution in [3.8, 4) is 0 Å². The zero-order valence-corrected chi connectivity index (χ0v) is 9.56. The molecule has 0 aromatic heterocycles. The number of nitrogens with one attached hydrogen (secondary N) is 2. The molecule has 0 saturated carbocycles. The van der Waals surface area contributed by atoms with Crippen molar-refractivity contribution in [3.05, 3.63) is 0 Å². The minimum absolute atomic E-state index is 0.194. The van der Waals surface area contributed by atoms with E-state index in [1.807, 2.05) is 0 Å². The molecule has 0 aromatic carbocycles. The van der Waals surface area contributed by atoms with E-state index in [0.717, 1.165) is 0 Å². The molecule has 0 aliphatic carbocycles. The Bertz CT molecular complexity index is 284. The van der Waals surface area contributed by atoms with Gasteiger partial charge in [0, 0.05) is 13.1 Å². The smallest absolute Gasteiger partial charge is 0.280 e. The van der Waals surface area contributed by atoms with Crippen LogP contribution in [0, 0.1) is 5.41 Å². The molecule has 0 saturated heterocycles. The first kappa shape index (κ1) is 13.3. The van der Waals surface area contributed by atoms with Gasteiger partial charge in [0.15, 0.2) is 0 Å². The summed E-state index contributed by atoms with van der Waals surface area (Å²) in [5, 5.41) is 7.07. The molecule has 0 aliphatic heterocycles. The number of hydrogen-bond donors (Lipinski definition) is 3. The van der Waals surface area contributed by atoms with E-state index in [1.165, 1.54) is 11.2 Å². The molecule has 0 radical (unpaired) electrons. The average molecular weight is 222 g/mol. The number of amidine groups is 1. The van der Waals surface area contributed by atoms with Crippen molar-refractivity contribution < 1.29 is 8.42 Å². The number of rotatable bonds is 6. The van der Waals surface area contributed by atoms with Gasteiger partial charge in [0.05, 0.1) is 6.04 Å². The van der Waals surface area contributed by atoms with Crippen LogP contribution < -0.4 is 10.5 Å². The number of nitrogens with zero attached hydrogens (tertiary/aromatic N) is 1. The summed E-state index contributed by atoms with van der Waals surface area (Å²) in [4.78, 5) is 0. The third kappa shape index (κ3) is 3.60. The zero-order chi connectivity index (χ0) is 11.4. The molecule has 4 N–H and O–H groups in total. The Balaban J connectivity index is 4.56. The van der Waals surface area contributed by atoms with Crippen LogP contribution in [0.15, 0.2) is 0 Å². The van der Waals surface area contributed by atoms with Crippen LogP contribution in [0.2, 0.25) is 0 Å². The van der Waals surface area contributed by atoms with Crippen molar-refractivity contribution in [2.75, 3.05) is 13.1 Å². The fourth-order valence-corrected chi connectivity index (χ4v) is 2.33. The van der Waals surface area contributed by atoms with Crippen molar-refractivity contribution in [2.24, 2.45) is 5.73 Å². The van der Waals surface area contributed by atoms with Gasteiger partial charge in [0.2, 0.25) is 0 Å². The number of nitrogens with two attached hydrogens (primary N) is 1. The third-order valence-electron chi connectivity index (χ3n) is 1.84. The highest BCUT2D eigenvalue weighted by molar-refractivity contribution is 7.87. The van der Waals surface area contributed by atoms with Gasteiger partial charge in [-0.2, -0.15) is 17.4 Å². The van der Waals surface area contributed by atoms with Crippen molar-refractivity contribution in [1.82, 2.24) is 9.03 Å². The van der Waals surface area contributed by atoms with Crippen LogP contribution in [0.5, 0.6) is 0 Å². The Kier molecular flexibility index (Phi) is 5.03. The highest BCUT2D eigenvalue weighted by Crippen LogP contribution is 1.98. The molecule has 84 valence electrons. The SMILES string of the molecule is CCN(CC)S(=O)(=O)NC(C)C(=N)N. The van der Waals surface area contributed by atoms with Crippen LogP contribution in [-0.4, -0.2) is 37.7 Å². The fourth-order valence-electron chi connectivity index (χ4n) is 0.925. The Morgan fingerprint density at radius 3 is 2.21 bits per heavy atom. The van der Waals surface area contributed by atoms with Crippen LogP contribution in [0.4, 0.5) is 0 Å². The lowest BCUT2D eigenvalue weighted by Gasteiger charge is -2.21. The predicted octanol–water partition coefficient (Wildman–Crippen LogP) is -0.513. The Hall–Kier alpha value is -0.660. The topological polar surface area (TPSA) is 99.3 Å². The van der Waals surface area contributed by atoms with E-state index in [4.69, 9.17) is 11.1 Å². The lowest BCUT2D eigenvalue weighted by atomic mass is 10.3. The quantitative estimate of drug-likeness (QED) is 0.417. The monoisotopic (exact) mass is 222 g/mol. The Labute approximate surface area is 85.2 Å². The summed E-state index contributed by atoms with van der Waals surface area (Å²) in [6, 6.07) is -0.666. The standard InChI is InChI=1S/C7H18N4O2S/c1-4-11(5-2)14(12,13)10-6(3)7(8)9/h6,10H,4-5H2,1-3H3,(H3,8,9). The van der Waals surface area contributed by atoms with Crippen molar-refractivity contribution >= 4 is 16.0 Å². The lowest BCUT2D eigenvalue weighted by Crippen LogP contribution is -2.48. The van der Waals surface area contributed by atoms with E-state index in [-0.39, 0.29) is 5.84 Å². The first-order valence-electron chi connectivity index (χ1n) is 4.46. The molecular weight excluding hydrogens is 204 g/mol. The van der Waals surface area contributed by atoms with Gasteiger partial charge in [-0.1, -0.05) is 13.8 Å². The van der Waals surface area contributed by atoms with E-state index in [9.17, 15) is 8.42 Å². The van der Waals surface area contributed by atoms with E-state index < -0.39 is 16.3 Å². The Morgan fingerprint density at radius 1 is 1.50 bits per heavy atom. The van der Waals surface area contributed by atoms with E-state index in [0.29, 0.717) is 13.1 Å². The fraction of sp³-hybridized carbons (Fsp3) is 0.857. The first-order chi connectivity index (χ1) is 6.35. The summed E-state index contributed by atoms with van der Waals surface area (Å²) in [6.07, 6.45) is 0. The van der Waals surface area contributed by atoms with Crippen LogP contribution in [0.3, 0.4) is 0 Å². The predicted molar refractivity (Wildman–Crippen MR) is 56.4 cm³/mol. The van der Waals surface area contributed by atoms with Gasteiger partial charge in [-0.05, 0) is 6.92 Å². The van der Waals surface area contributed by atoms with E-state index in [1.54, 1.807) is 13.8 Å². The first-order valence-corrected chi connectivity index (χ1v) is 5.90. The van der Waals surface area contributed by atoms with E-state index >= 15 is 0 Å². The normalized spacial score (nSPS) is 14.3. The molecule has 14 heavy (non-hydrogen) atoms. The summed E-state index contributed by atoms with van der Waals surface area (Å²) >= 11 is 0. The minimum Gasteiger partial charge on any atom is -0.386 e. The second-order valence-corrected chi connectivity index (χ2v) is 4.59. The minimum atomic E-state index is -3.50. The van der Waals surface area contributed by atoms with Gasteiger partial charge in [0.25, 0.3) is 10.2 Å². The summed E-state index contributed by atoms with van der Waals surface area (Å²) < 4.78 is 26.7. The van der Waals surface area contributed by atoms with Crippen molar-refractivity contribution in [3.63, 3.8) is 0 Å². The maximum absolute atomic E-state index is 11.6. The largest absolute Gasteiger partial charge is 0.386 e. The molecule has 0 aromatic rings. The van der Waals surface area contributed by atoms with Crippen molar-refractivity contribution in [2.45, 2.75) is 26.8 Å². The van der Waals surface area contributed by atoms with Gasteiger partial charge in [-0.25, -0.2) is 0 Å². The molecule has 0 amide bonds. The lowest BCUT2D eigenvalue weighted by molar-refractivity contribution is 0.433. The summed E-state index contributed by atoms with van der Waals surface area (Å²) in [7, 11) is -3.50. The third-order valence-corrected chi connectivity index (χ3v) is 3.69. The molecular formula is C7H18N4O2S. The molecule has 0 heterocycles. The van der Waals surface area contributed by atoms with Crippen LogP contribution in [-0.2, 0) is 10.2 Å². The summed E-state index contributed by atoms with van der Waals surface area (Å²) in [6.45, 7) is 5.83. The van der Waals surface area contributed by atoms with E-state index in [2.05, 4.69) is 4.72 Å². The van der Waals surface area contributed by atoms with Gasteiger partial charge >= 0.3 is 0 Å². The molecule has 0 rings (SSSR count). The molecule has 0 fully saturated rings. The van der Waals surface area contributed by atoms with Gasteiger partial charge in [-0.3, -0.25) is 5.41 Å². The maximum atomic E-state index is 11.6. The zero-order valence-electron chi connectivity index (χ0n) is 8.74. The van der Waals surface area contributed by atoms with Gasteiger partial charge in [-0.15, -0.1) is 0 Å². The molecule has 1 unspecified atom stereocenters. The van der Waals surface area contributed by atoms with Crippen molar-refractivity contribution in [1.29, 1.82) is 5.41 Å². The molecule has 0 bridgehead atoms. The van der Waals surface area contributed by atoms with Crippen LogP contribution in [0.25, 0.3) is 0 Å². The average Bonchev–Trinajstić information content (AvgIpc) is 2.04. The van der Waals surface area contributed by atoms with Gasteiger partial charge < -0.3 is 5.73 Å². The molecule has 6 nitrogen and oxygen atoms in total. The Morgan fingerprint density at radius 2 is 1.93 bits per heavy atom. The highest BCUT2D eigenvalue weighted by Gasteiger charge is 2.21. The maximum Gasteiger partial charge on any atom is 0.280 e. The summed E-state index contributed by atoms with van der Waals surface area (Å²) in [5.74, 6) is -0.194. The molecule has 0 spiro atoms. The molecule has 7 heteroatoms. The second kappa shape index (κ2) is 5.28. The summed E-state index contributed by atoms with van der Waals surface area (Å²) in [5.41, 5.74) is 5.16. The van der Waals surface area contributed by atoms with Crippen LogP contribution >= 0.6 is 0 Å². The second-order valence-electron chi connectivity index (χ2n) is 2.88. The highest BCUT2D eigenvalue weighted by atomic mass is 32.2. The van der Waals surface area contributed by atoms with Crippen LogP contribution in [0.1, 0.15) is 20.8 Å². The van der Waals surface area contributed by atoms with Gasteiger partial charge in [0.1, 0.15) is 5.84 Å². The molecule has 0 aliphatic rings.